The zero-order valence-electron chi connectivity index (χ0n) is 14.9. The minimum absolute atomic E-state index is 0.0921. The molecule has 0 saturated carbocycles. The molecule has 138 valence electrons. The largest absolute Gasteiger partial charge is 0.311 e. The number of amides is 1. The lowest BCUT2D eigenvalue weighted by Gasteiger charge is -2.29. The van der Waals surface area contributed by atoms with Crippen molar-refractivity contribution in [3.63, 3.8) is 0 Å². The molecular formula is C20H19ClN4OS. The molecule has 1 aliphatic rings. The van der Waals surface area contributed by atoms with Gasteiger partial charge >= 0.3 is 0 Å². The van der Waals surface area contributed by atoms with Gasteiger partial charge in [0.1, 0.15) is 0 Å². The zero-order valence-corrected chi connectivity index (χ0v) is 16.5. The van der Waals surface area contributed by atoms with Gasteiger partial charge in [-0.3, -0.25) is 4.79 Å². The van der Waals surface area contributed by atoms with Crippen molar-refractivity contribution in [2.45, 2.75) is 18.0 Å². The lowest BCUT2D eigenvalue weighted by atomic mass is 10.0. The Hall–Kier alpha value is -2.31. The fourth-order valence-electron chi connectivity index (χ4n) is 3.31. The lowest BCUT2D eigenvalue weighted by Crippen LogP contribution is -2.36. The first kappa shape index (κ1) is 18.1. The van der Waals surface area contributed by atoms with Crippen LogP contribution in [0.15, 0.2) is 53.7 Å². The molecule has 2 aromatic carbocycles. The number of anilines is 1. The van der Waals surface area contributed by atoms with Crippen molar-refractivity contribution in [3.8, 4) is 11.4 Å². The Bertz CT molecular complexity index is 988. The molecule has 0 fully saturated rings. The predicted molar refractivity (Wildman–Crippen MR) is 109 cm³/mol. The van der Waals surface area contributed by atoms with Gasteiger partial charge in [0.15, 0.2) is 11.0 Å². The second-order valence-corrected chi connectivity index (χ2v) is 7.76. The van der Waals surface area contributed by atoms with E-state index >= 15 is 0 Å². The second kappa shape index (κ2) is 7.74. The molecule has 1 aliphatic heterocycles. The minimum Gasteiger partial charge on any atom is -0.311 e. The summed E-state index contributed by atoms with van der Waals surface area (Å²) < 4.78 is 1.88. The fraction of sp³-hybridized carbons (Fsp3) is 0.250. The summed E-state index contributed by atoms with van der Waals surface area (Å²) in [7, 11) is 1.89. The average molecular weight is 399 g/mol. The first-order chi connectivity index (χ1) is 13.1. The number of para-hydroxylation sites is 1. The quantitative estimate of drug-likeness (QED) is 0.618. The van der Waals surface area contributed by atoms with Crippen LogP contribution in [0, 0.1) is 0 Å². The first-order valence-corrected chi connectivity index (χ1v) is 10.2. The molecule has 2 heterocycles. The van der Waals surface area contributed by atoms with Crippen LogP contribution in [0.4, 0.5) is 5.69 Å². The van der Waals surface area contributed by atoms with Crippen LogP contribution in [-0.4, -0.2) is 33.0 Å². The summed E-state index contributed by atoms with van der Waals surface area (Å²) in [6.07, 6.45) is 2.02. The lowest BCUT2D eigenvalue weighted by molar-refractivity contribution is -0.116. The smallest absolute Gasteiger partial charge is 0.237 e. The van der Waals surface area contributed by atoms with Gasteiger partial charge in [0, 0.05) is 24.8 Å². The third-order valence-corrected chi connectivity index (χ3v) is 6.02. The normalized spacial score (nSPS) is 13.5. The number of carbonyl (C=O) groups excluding carboxylic acids is 1. The summed E-state index contributed by atoms with van der Waals surface area (Å²) in [6.45, 7) is 0.764. The summed E-state index contributed by atoms with van der Waals surface area (Å²) in [5.41, 5.74) is 3.10. The minimum atomic E-state index is 0.0921. The molecule has 1 amide bonds. The van der Waals surface area contributed by atoms with Crippen molar-refractivity contribution in [1.29, 1.82) is 0 Å². The second-order valence-electron chi connectivity index (χ2n) is 6.41. The number of rotatable bonds is 4. The molecule has 1 aromatic heterocycles. The first-order valence-electron chi connectivity index (χ1n) is 8.80. The van der Waals surface area contributed by atoms with Gasteiger partial charge in [0.25, 0.3) is 0 Å². The maximum Gasteiger partial charge on any atom is 0.237 e. The molecule has 4 rings (SSSR count). The summed E-state index contributed by atoms with van der Waals surface area (Å²) in [6, 6.07) is 15.7. The van der Waals surface area contributed by atoms with Crippen molar-refractivity contribution < 1.29 is 4.79 Å². The average Bonchev–Trinajstić information content (AvgIpc) is 3.06. The highest BCUT2D eigenvalue weighted by Crippen LogP contribution is 2.30. The summed E-state index contributed by atoms with van der Waals surface area (Å²) in [5, 5.41) is 9.83. The Morgan fingerprint density at radius 2 is 1.93 bits per heavy atom. The van der Waals surface area contributed by atoms with Crippen LogP contribution in [-0.2, 0) is 18.3 Å². The highest BCUT2D eigenvalue weighted by atomic mass is 35.5. The zero-order chi connectivity index (χ0) is 18.8. The number of thioether (sulfide) groups is 1. The Labute approximate surface area is 167 Å². The van der Waals surface area contributed by atoms with Crippen LogP contribution in [0.5, 0.6) is 0 Å². The van der Waals surface area contributed by atoms with Crippen LogP contribution in [0.25, 0.3) is 11.4 Å². The van der Waals surface area contributed by atoms with E-state index in [2.05, 4.69) is 16.3 Å². The van der Waals surface area contributed by atoms with E-state index in [0.29, 0.717) is 21.8 Å². The van der Waals surface area contributed by atoms with Gasteiger partial charge in [-0.15, -0.1) is 10.2 Å². The molecule has 27 heavy (non-hydrogen) atoms. The number of halogens is 1. The van der Waals surface area contributed by atoms with Gasteiger partial charge in [-0.2, -0.15) is 0 Å². The fourth-order valence-corrected chi connectivity index (χ4v) is 4.32. The molecule has 0 aliphatic carbocycles. The van der Waals surface area contributed by atoms with Crippen molar-refractivity contribution in [3.05, 3.63) is 59.1 Å². The molecule has 0 atom stereocenters. The van der Waals surface area contributed by atoms with Gasteiger partial charge in [0.2, 0.25) is 5.91 Å². The summed E-state index contributed by atoms with van der Waals surface area (Å²) in [5.74, 6) is 1.11. The van der Waals surface area contributed by atoms with Crippen molar-refractivity contribution in [2.24, 2.45) is 7.05 Å². The molecular weight excluding hydrogens is 380 g/mol. The Morgan fingerprint density at radius 3 is 2.78 bits per heavy atom. The van der Waals surface area contributed by atoms with Crippen LogP contribution in [0.1, 0.15) is 12.0 Å². The number of carbonyl (C=O) groups is 1. The third-order valence-electron chi connectivity index (χ3n) is 4.69. The number of aromatic nitrogens is 3. The van der Waals surface area contributed by atoms with Gasteiger partial charge in [0.05, 0.1) is 10.8 Å². The molecule has 0 radical (unpaired) electrons. The van der Waals surface area contributed by atoms with Gasteiger partial charge < -0.3 is 9.47 Å². The topological polar surface area (TPSA) is 51.0 Å². The number of benzene rings is 2. The van der Waals surface area contributed by atoms with Crippen LogP contribution in [0.3, 0.4) is 0 Å². The maximum atomic E-state index is 12.8. The molecule has 3 aromatic rings. The number of nitrogens with zero attached hydrogens (tertiary/aromatic N) is 4. The summed E-state index contributed by atoms with van der Waals surface area (Å²) in [4.78, 5) is 14.7. The molecule has 0 saturated heterocycles. The Morgan fingerprint density at radius 1 is 1.15 bits per heavy atom. The van der Waals surface area contributed by atoms with E-state index in [4.69, 9.17) is 11.6 Å². The van der Waals surface area contributed by atoms with Gasteiger partial charge in [-0.1, -0.05) is 53.7 Å². The van der Waals surface area contributed by atoms with E-state index in [1.54, 1.807) is 0 Å². The Balaban J connectivity index is 1.49. The van der Waals surface area contributed by atoms with E-state index in [1.807, 2.05) is 59.0 Å². The van der Waals surface area contributed by atoms with E-state index in [-0.39, 0.29) is 5.91 Å². The van der Waals surface area contributed by atoms with E-state index in [0.717, 1.165) is 30.6 Å². The molecule has 0 bridgehead atoms. The third kappa shape index (κ3) is 3.59. The molecule has 7 heteroatoms. The molecule has 0 N–H and O–H groups in total. The number of hydrogen-bond donors (Lipinski definition) is 0. The predicted octanol–water partition coefficient (Wildman–Crippen LogP) is 4.21. The monoisotopic (exact) mass is 398 g/mol. The van der Waals surface area contributed by atoms with E-state index in [9.17, 15) is 4.79 Å². The standard InChI is InChI=1S/C20H19ClN4OS/c1-24-19(15-9-3-4-10-16(15)21)22-23-20(24)27-13-18(26)25-12-6-8-14-7-2-5-11-17(14)25/h2-5,7,9-11H,6,8,12-13H2,1H3. The maximum absolute atomic E-state index is 12.8. The van der Waals surface area contributed by atoms with Crippen molar-refractivity contribution in [2.75, 3.05) is 17.2 Å². The Kier molecular flexibility index (Phi) is 5.18. The van der Waals surface area contributed by atoms with E-state index < -0.39 is 0 Å². The van der Waals surface area contributed by atoms with Crippen molar-refractivity contribution in [1.82, 2.24) is 14.8 Å². The van der Waals surface area contributed by atoms with Gasteiger partial charge in [-0.25, -0.2) is 0 Å². The van der Waals surface area contributed by atoms with Gasteiger partial charge in [-0.05, 0) is 36.6 Å². The SMILES string of the molecule is Cn1c(SCC(=O)N2CCCc3ccccc32)nnc1-c1ccccc1Cl. The van der Waals surface area contributed by atoms with E-state index in [1.165, 1.54) is 17.3 Å². The number of fused-ring (bicyclic) bond motifs is 1. The highest BCUT2D eigenvalue weighted by Gasteiger charge is 2.23. The van der Waals surface area contributed by atoms with Crippen LogP contribution >= 0.6 is 23.4 Å². The molecule has 5 nitrogen and oxygen atoms in total. The van der Waals surface area contributed by atoms with Crippen LogP contribution in [0.2, 0.25) is 5.02 Å². The molecule has 0 spiro atoms. The highest BCUT2D eigenvalue weighted by molar-refractivity contribution is 7.99. The van der Waals surface area contributed by atoms with Crippen molar-refractivity contribution >= 4 is 35.0 Å². The summed E-state index contributed by atoms with van der Waals surface area (Å²) >= 11 is 7.67. The number of aryl methyl sites for hydroxylation is 1. The van der Waals surface area contributed by atoms with Crippen LogP contribution < -0.4 is 4.90 Å². The molecule has 0 unspecified atom stereocenters. The number of hydrogen-bond acceptors (Lipinski definition) is 4.